The molecular formula is C10H22N2O. The summed E-state index contributed by atoms with van der Waals surface area (Å²) in [6.07, 6.45) is 8.30. The Labute approximate surface area is 81.2 Å². The maximum absolute atomic E-state index is 5.22. The second kappa shape index (κ2) is 7.30. The van der Waals surface area contributed by atoms with Gasteiger partial charge in [-0.1, -0.05) is 39.0 Å². The van der Waals surface area contributed by atoms with Crippen molar-refractivity contribution >= 4 is 0 Å². The maximum Gasteiger partial charge on any atom is 0.0701 e. The van der Waals surface area contributed by atoms with Crippen molar-refractivity contribution in [3.8, 4) is 0 Å². The van der Waals surface area contributed by atoms with Gasteiger partial charge < -0.3 is 0 Å². The molecule has 1 rings (SSSR count). The number of hydrogen-bond donors (Lipinski definition) is 2. The van der Waals surface area contributed by atoms with Crippen LogP contribution in [0.25, 0.3) is 0 Å². The zero-order valence-electron chi connectivity index (χ0n) is 8.64. The van der Waals surface area contributed by atoms with E-state index in [0.29, 0.717) is 0 Å². The highest BCUT2D eigenvalue weighted by atomic mass is 16.7. The normalized spacial score (nSPS) is 19.2. The van der Waals surface area contributed by atoms with Crippen LogP contribution in [0.5, 0.6) is 0 Å². The molecule has 0 heterocycles. The van der Waals surface area contributed by atoms with E-state index >= 15 is 0 Å². The number of hydrazine groups is 1. The van der Waals surface area contributed by atoms with Crippen molar-refractivity contribution in [1.29, 1.82) is 0 Å². The zero-order valence-corrected chi connectivity index (χ0v) is 8.64. The highest BCUT2D eigenvalue weighted by Crippen LogP contribution is 2.25. The fourth-order valence-electron chi connectivity index (χ4n) is 1.88. The summed E-state index contributed by atoms with van der Waals surface area (Å²) < 4.78 is 0. The molecule has 1 aliphatic rings. The first-order chi connectivity index (χ1) is 6.43. The molecule has 0 spiro atoms. The molecule has 13 heavy (non-hydrogen) atoms. The van der Waals surface area contributed by atoms with Gasteiger partial charge in [-0.15, -0.1) is 5.59 Å². The third-order valence-corrected chi connectivity index (χ3v) is 2.67. The molecule has 0 bridgehead atoms. The summed E-state index contributed by atoms with van der Waals surface area (Å²) in [5.74, 6) is 0.914. The van der Waals surface area contributed by atoms with Gasteiger partial charge in [0.25, 0.3) is 0 Å². The van der Waals surface area contributed by atoms with Gasteiger partial charge in [-0.2, -0.15) is 0 Å². The summed E-state index contributed by atoms with van der Waals surface area (Å²) in [6, 6.07) is 0. The summed E-state index contributed by atoms with van der Waals surface area (Å²) >= 11 is 0. The van der Waals surface area contributed by atoms with Crippen molar-refractivity contribution in [3.05, 3.63) is 0 Å². The van der Waals surface area contributed by atoms with E-state index in [1.165, 1.54) is 38.5 Å². The van der Waals surface area contributed by atoms with E-state index < -0.39 is 0 Å². The van der Waals surface area contributed by atoms with Gasteiger partial charge in [0.15, 0.2) is 0 Å². The lowest BCUT2D eigenvalue weighted by Gasteiger charge is -2.21. The van der Waals surface area contributed by atoms with E-state index in [9.17, 15) is 0 Å². The minimum Gasteiger partial charge on any atom is -0.287 e. The van der Waals surface area contributed by atoms with Gasteiger partial charge in [-0.05, 0) is 12.3 Å². The average molecular weight is 186 g/mol. The van der Waals surface area contributed by atoms with E-state index in [2.05, 4.69) is 11.0 Å². The Bertz CT molecular complexity index is 113. The molecular weight excluding hydrogens is 164 g/mol. The molecule has 0 aromatic rings. The Morgan fingerprint density at radius 3 is 2.69 bits per heavy atom. The predicted molar refractivity (Wildman–Crippen MR) is 54.0 cm³/mol. The Balaban J connectivity index is 1.86. The van der Waals surface area contributed by atoms with Gasteiger partial charge >= 0.3 is 0 Å². The summed E-state index contributed by atoms with van der Waals surface area (Å²) in [4.78, 5) is 5.22. The van der Waals surface area contributed by atoms with Gasteiger partial charge in [0.05, 0.1) is 6.61 Å². The monoisotopic (exact) mass is 186 g/mol. The van der Waals surface area contributed by atoms with Crippen LogP contribution in [0, 0.1) is 5.92 Å². The Morgan fingerprint density at radius 2 is 2.00 bits per heavy atom. The second-order valence-electron chi connectivity index (χ2n) is 3.77. The van der Waals surface area contributed by atoms with Gasteiger partial charge in [0, 0.05) is 6.54 Å². The first kappa shape index (κ1) is 11.0. The lowest BCUT2D eigenvalue weighted by molar-refractivity contribution is 0.00300. The standard InChI is InChI=1S/C10H22N2O/c1-2-11-12-13-9-8-10-6-4-3-5-7-10/h10-12H,2-9H2,1H3. The van der Waals surface area contributed by atoms with Gasteiger partial charge in [0.2, 0.25) is 0 Å². The summed E-state index contributed by atoms with van der Waals surface area (Å²) in [7, 11) is 0. The Kier molecular flexibility index (Phi) is 6.15. The Hall–Kier alpha value is -0.120. The third kappa shape index (κ3) is 5.24. The fourth-order valence-corrected chi connectivity index (χ4v) is 1.88. The van der Waals surface area contributed by atoms with Crippen LogP contribution in [0.1, 0.15) is 45.4 Å². The van der Waals surface area contributed by atoms with Crippen LogP contribution < -0.4 is 11.0 Å². The van der Waals surface area contributed by atoms with E-state index in [1.807, 2.05) is 6.92 Å². The van der Waals surface area contributed by atoms with Gasteiger partial charge in [-0.25, -0.2) is 5.43 Å². The number of rotatable bonds is 6. The minimum absolute atomic E-state index is 0.831. The molecule has 78 valence electrons. The Morgan fingerprint density at radius 1 is 1.23 bits per heavy atom. The smallest absolute Gasteiger partial charge is 0.0701 e. The lowest BCUT2D eigenvalue weighted by Crippen LogP contribution is -2.32. The van der Waals surface area contributed by atoms with Crippen molar-refractivity contribution in [2.45, 2.75) is 45.4 Å². The molecule has 1 saturated carbocycles. The minimum atomic E-state index is 0.831. The first-order valence-corrected chi connectivity index (χ1v) is 5.53. The molecule has 0 amide bonds. The molecule has 0 saturated heterocycles. The fraction of sp³-hybridized carbons (Fsp3) is 1.00. The second-order valence-corrected chi connectivity index (χ2v) is 3.77. The molecule has 0 aliphatic heterocycles. The largest absolute Gasteiger partial charge is 0.287 e. The van der Waals surface area contributed by atoms with Crippen LogP contribution >= 0.6 is 0 Å². The van der Waals surface area contributed by atoms with E-state index in [0.717, 1.165) is 19.1 Å². The third-order valence-electron chi connectivity index (χ3n) is 2.67. The zero-order chi connectivity index (χ0) is 9.36. The highest BCUT2D eigenvalue weighted by Gasteiger charge is 2.12. The van der Waals surface area contributed by atoms with E-state index in [1.54, 1.807) is 0 Å². The van der Waals surface area contributed by atoms with Gasteiger partial charge in [-0.3, -0.25) is 4.84 Å². The molecule has 2 N–H and O–H groups in total. The summed E-state index contributed by atoms with van der Waals surface area (Å²) in [6.45, 7) is 3.76. The van der Waals surface area contributed by atoms with Crippen LogP contribution in [0.2, 0.25) is 0 Å². The van der Waals surface area contributed by atoms with Crippen LogP contribution in [-0.4, -0.2) is 13.2 Å². The summed E-state index contributed by atoms with van der Waals surface area (Å²) in [5, 5.41) is 0. The first-order valence-electron chi connectivity index (χ1n) is 5.53. The molecule has 0 atom stereocenters. The van der Waals surface area contributed by atoms with E-state index in [4.69, 9.17) is 4.84 Å². The average Bonchev–Trinajstić information content (AvgIpc) is 2.19. The molecule has 1 fully saturated rings. The maximum atomic E-state index is 5.22. The van der Waals surface area contributed by atoms with Gasteiger partial charge in [0.1, 0.15) is 0 Å². The quantitative estimate of drug-likeness (QED) is 0.492. The molecule has 0 radical (unpaired) electrons. The summed E-state index contributed by atoms with van der Waals surface area (Å²) in [5.41, 5.74) is 5.64. The van der Waals surface area contributed by atoms with Crippen molar-refractivity contribution < 1.29 is 4.84 Å². The van der Waals surface area contributed by atoms with Crippen molar-refractivity contribution in [3.63, 3.8) is 0 Å². The van der Waals surface area contributed by atoms with Crippen LogP contribution in [0.3, 0.4) is 0 Å². The predicted octanol–water partition coefficient (Wildman–Crippen LogP) is 2.00. The molecule has 0 unspecified atom stereocenters. The van der Waals surface area contributed by atoms with Crippen molar-refractivity contribution in [2.75, 3.05) is 13.2 Å². The van der Waals surface area contributed by atoms with Crippen molar-refractivity contribution in [1.82, 2.24) is 11.0 Å². The van der Waals surface area contributed by atoms with Crippen LogP contribution in [0.15, 0.2) is 0 Å². The number of hydrogen-bond acceptors (Lipinski definition) is 3. The number of nitrogens with one attached hydrogen (secondary N) is 2. The molecule has 3 heteroatoms. The van der Waals surface area contributed by atoms with E-state index in [-0.39, 0.29) is 0 Å². The lowest BCUT2D eigenvalue weighted by atomic mass is 9.87. The topological polar surface area (TPSA) is 33.3 Å². The molecule has 0 aromatic heterocycles. The molecule has 0 aromatic carbocycles. The highest BCUT2D eigenvalue weighted by molar-refractivity contribution is 4.64. The van der Waals surface area contributed by atoms with Crippen LogP contribution in [-0.2, 0) is 4.84 Å². The van der Waals surface area contributed by atoms with Crippen LogP contribution in [0.4, 0.5) is 0 Å². The van der Waals surface area contributed by atoms with Crippen molar-refractivity contribution in [2.24, 2.45) is 5.92 Å². The molecule has 3 nitrogen and oxygen atoms in total. The SMILES string of the molecule is CCNNOCCC1CCCCC1. The molecule has 1 aliphatic carbocycles.